The molecule has 1 aliphatic rings. The van der Waals surface area contributed by atoms with Gasteiger partial charge in [0.1, 0.15) is 0 Å². The number of thiophene rings is 1. The van der Waals surface area contributed by atoms with Gasteiger partial charge in [0, 0.05) is 17.1 Å². The van der Waals surface area contributed by atoms with Crippen molar-refractivity contribution in [2.75, 3.05) is 5.32 Å². The van der Waals surface area contributed by atoms with Crippen LogP contribution >= 0.6 is 11.3 Å². The molecule has 0 atom stereocenters. The van der Waals surface area contributed by atoms with E-state index in [1.54, 1.807) is 11.3 Å². The Hall–Kier alpha value is -0.540. The summed E-state index contributed by atoms with van der Waals surface area (Å²) in [5, 5.41) is 17.3. The van der Waals surface area contributed by atoms with Gasteiger partial charge in [-0.15, -0.1) is 11.3 Å². The maximum Gasteiger partial charge on any atom is 0.0541 e. The summed E-state index contributed by atoms with van der Waals surface area (Å²) in [6.07, 6.45) is 4.02. The minimum Gasteiger partial charge on any atom is -0.393 e. The van der Waals surface area contributed by atoms with Gasteiger partial charge in [-0.2, -0.15) is 0 Å². The third-order valence-corrected chi connectivity index (χ3v) is 3.77. The van der Waals surface area contributed by atoms with Crippen molar-refractivity contribution in [3.8, 4) is 0 Å². The molecule has 0 unspecified atom stereocenters. The Morgan fingerprint density at radius 1 is 1.29 bits per heavy atom. The highest BCUT2D eigenvalue weighted by Gasteiger charge is 2.19. The molecule has 0 bridgehead atoms. The van der Waals surface area contributed by atoms with E-state index in [1.165, 1.54) is 11.3 Å². The molecule has 2 rings (SSSR count). The second-order valence-corrected chi connectivity index (χ2v) is 4.86. The quantitative estimate of drug-likeness (QED) is 0.788. The highest BCUT2D eigenvalue weighted by atomic mass is 32.1. The molecule has 1 aromatic heterocycles. The molecule has 0 aliphatic heterocycles. The number of rotatable bonds is 2. The minimum atomic E-state index is -0.0587. The van der Waals surface area contributed by atoms with Crippen LogP contribution in [0.1, 0.15) is 31.2 Å². The number of aryl methyl sites for hydroxylation is 1. The van der Waals surface area contributed by atoms with E-state index in [9.17, 15) is 5.11 Å². The van der Waals surface area contributed by atoms with Gasteiger partial charge >= 0.3 is 0 Å². The molecule has 1 saturated carbocycles. The normalized spacial score (nSPS) is 27.6. The van der Waals surface area contributed by atoms with E-state index in [2.05, 4.69) is 23.0 Å². The van der Waals surface area contributed by atoms with Crippen LogP contribution in [0.2, 0.25) is 0 Å². The predicted molar refractivity (Wildman–Crippen MR) is 60.9 cm³/mol. The highest BCUT2D eigenvalue weighted by molar-refractivity contribution is 7.08. The summed E-state index contributed by atoms with van der Waals surface area (Å²) in [4.78, 5) is 0. The van der Waals surface area contributed by atoms with Crippen molar-refractivity contribution in [3.63, 3.8) is 0 Å². The van der Waals surface area contributed by atoms with E-state index in [0.29, 0.717) is 6.04 Å². The lowest BCUT2D eigenvalue weighted by atomic mass is 9.93. The molecule has 1 heterocycles. The Morgan fingerprint density at radius 3 is 2.57 bits per heavy atom. The van der Waals surface area contributed by atoms with Crippen molar-refractivity contribution in [1.29, 1.82) is 0 Å². The molecule has 1 aromatic rings. The van der Waals surface area contributed by atoms with Crippen LogP contribution in [0.25, 0.3) is 0 Å². The van der Waals surface area contributed by atoms with Crippen molar-refractivity contribution >= 4 is 17.0 Å². The fourth-order valence-corrected chi connectivity index (χ4v) is 2.74. The third kappa shape index (κ3) is 2.28. The number of nitrogens with one attached hydrogen (secondary N) is 1. The van der Waals surface area contributed by atoms with Gasteiger partial charge in [-0.3, -0.25) is 0 Å². The molecule has 0 aromatic carbocycles. The Balaban J connectivity index is 1.89. The van der Waals surface area contributed by atoms with Crippen LogP contribution in [-0.4, -0.2) is 17.3 Å². The molecule has 0 radical (unpaired) electrons. The van der Waals surface area contributed by atoms with Crippen LogP contribution in [0.4, 0.5) is 5.69 Å². The molecule has 0 amide bonds. The first-order valence-corrected chi connectivity index (χ1v) is 6.17. The number of hydrogen-bond donors (Lipinski definition) is 2. The van der Waals surface area contributed by atoms with Crippen LogP contribution < -0.4 is 5.32 Å². The van der Waals surface area contributed by atoms with Gasteiger partial charge in [-0.05, 0) is 43.6 Å². The van der Waals surface area contributed by atoms with E-state index >= 15 is 0 Å². The SMILES string of the molecule is Cc1cscc1NC1CCC(O)CC1. The maximum atomic E-state index is 9.38. The first kappa shape index (κ1) is 9.99. The predicted octanol–water partition coefficient (Wildman–Crippen LogP) is 2.77. The van der Waals surface area contributed by atoms with Crippen LogP contribution in [0.15, 0.2) is 10.8 Å². The van der Waals surface area contributed by atoms with Crippen LogP contribution in [-0.2, 0) is 0 Å². The number of aliphatic hydroxyl groups excluding tert-OH is 1. The Kier molecular flexibility index (Phi) is 3.08. The van der Waals surface area contributed by atoms with Crippen LogP contribution in [0.3, 0.4) is 0 Å². The zero-order valence-corrected chi connectivity index (χ0v) is 9.31. The monoisotopic (exact) mass is 211 g/mol. The van der Waals surface area contributed by atoms with Crippen molar-refractivity contribution in [3.05, 3.63) is 16.3 Å². The van der Waals surface area contributed by atoms with Crippen molar-refractivity contribution < 1.29 is 5.11 Å². The van der Waals surface area contributed by atoms with Crippen molar-refractivity contribution in [2.24, 2.45) is 0 Å². The van der Waals surface area contributed by atoms with Gasteiger partial charge in [-0.1, -0.05) is 0 Å². The highest BCUT2D eigenvalue weighted by Crippen LogP contribution is 2.25. The largest absolute Gasteiger partial charge is 0.393 e. The zero-order chi connectivity index (χ0) is 9.97. The maximum absolute atomic E-state index is 9.38. The molecule has 1 aliphatic carbocycles. The second kappa shape index (κ2) is 4.32. The number of hydrogen-bond acceptors (Lipinski definition) is 3. The molecule has 78 valence electrons. The Labute approximate surface area is 89.0 Å². The Morgan fingerprint density at radius 2 is 2.00 bits per heavy atom. The lowest BCUT2D eigenvalue weighted by Crippen LogP contribution is -2.28. The summed E-state index contributed by atoms with van der Waals surface area (Å²) in [7, 11) is 0. The van der Waals surface area contributed by atoms with Gasteiger partial charge < -0.3 is 10.4 Å². The van der Waals surface area contributed by atoms with E-state index in [0.717, 1.165) is 25.7 Å². The molecular weight excluding hydrogens is 194 g/mol. The van der Waals surface area contributed by atoms with E-state index in [-0.39, 0.29) is 6.10 Å². The molecule has 0 spiro atoms. The fraction of sp³-hybridized carbons (Fsp3) is 0.636. The zero-order valence-electron chi connectivity index (χ0n) is 8.49. The first-order valence-electron chi connectivity index (χ1n) is 5.23. The fourth-order valence-electron chi connectivity index (χ4n) is 1.95. The molecular formula is C11H17NOS. The molecule has 14 heavy (non-hydrogen) atoms. The summed E-state index contributed by atoms with van der Waals surface area (Å²) in [6, 6.07) is 0.562. The number of aliphatic hydroxyl groups is 1. The topological polar surface area (TPSA) is 32.3 Å². The summed E-state index contributed by atoms with van der Waals surface area (Å²) in [5.74, 6) is 0. The lowest BCUT2D eigenvalue weighted by Gasteiger charge is -2.26. The van der Waals surface area contributed by atoms with Gasteiger partial charge in [0.25, 0.3) is 0 Å². The van der Waals surface area contributed by atoms with E-state index < -0.39 is 0 Å². The van der Waals surface area contributed by atoms with Crippen LogP contribution in [0.5, 0.6) is 0 Å². The van der Waals surface area contributed by atoms with Gasteiger partial charge in [-0.25, -0.2) is 0 Å². The van der Waals surface area contributed by atoms with Crippen molar-refractivity contribution in [1.82, 2.24) is 0 Å². The van der Waals surface area contributed by atoms with E-state index in [4.69, 9.17) is 0 Å². The molecule has 3 heteroatoms. The Bertz CT molecular complexity index is 289. The summed E-state index contributed by atoms with van der Waals surface area (Å²) >= 11 is 1.74. The van der Waals surface area contributed by atoms with Gasteiger partial charge in [0.2, 0.25) is 0 Å². The summed E-state index contributed by atoms with van der Waals surface area (Å²) in [6.45, 7) is 2.14. The summed E-state index contributed by atoms with van der Waals surface area (Å²) < 4.78 is 0. The minimum absolute atomic E-state index is 0.0587. The average Bonchev–Trinajstić information content (AvgIpc) is 2.56. The lowest BCUT2D eigenvalue weighted by molar-refractivity contribution is 0.126. The first-order chi connectivity index (χ1) is 6.75. The van der Waals surface area contributed by atoms with E-state index in [1.807, 2.05) is 0 Å². The number of anilines is 1. The standard InChI is InChI=1S/C11H17NOS/c1-8-6-14-7-11(8)12-9-2-4-10(13)5-3-9/h6-7,9-10,12-13H,2-5H2,1H3. The molecule has 1 fully saturated rings. The molecule has 0 saturated heterocycles. The molecule has 2 N–H and O–H groups in total. The van der Waals surface area contributed by atoms with Gasteiger partial charge in [0.15, 0.2) is 0 Å². The summed E-state index contributed by atoms with van der Waals surface area (Å²) in [5.41, 5.74) is 2.61. The molecule has 2 nitrogen and oxygen atoms in total. The second-order valence-electron chi connectivity index (χ2n) is 4.12. The third-order valence-electron chi connectivity index (χ3n) is 2.91. The van der Waals surface area contributed by atoms with Crippen LogP contribution in [0, 0.1) is 6.92 Å². The smallest absolute Gasteiger partial charge is 0.0541 e. The van der Waals surface area contributed by atoms with Gasteiger partial charge in [0.05, 0.1) is 6.10 Å². The average molecular weight is 211 g/mol. The van der Waals surface area contributed by atoms with Crippen molar-refractivity contribution in [2.45, 2.75) is 44.8 Å².